The molecule has 1 aromatic rings. The summed E-state index contributed by atoms with van der Waals surface area (Å²) in [5.74, 6) is 0.643. The Morgan fingerprint density at radius 2 is 2.00 bits per heavy atom. The molecule has 1 heterocycles. The molecule has 0 saturated carbocycles. The van der Waals surface area contributed by atoms with Crippen molar-refractivity contribution in [2.45, 2.75) is 22.6 Å². The van der Waals surface area contributed by atoms with Crippen molar-refractivity contribution in [1.29, 1.82) is 0 Å². The zero-order valence-corrected chi connectivity index (χ0v) is 11.9. The van der Waals surface area contributed by atoms with Crippen LogP contribution in [0.4, 0.5) is 0 Å². The molecule has 1 N–H and O–H groups in total. The minimum Gasteiger partial charge on any atom is -0.497 e. The van der Waals surface area contributed by atoms with Crippen molar-refractivity contribution in [3.63, 3.8) is 0 Å². The van der Waals surface area contributed by atoms with Gasteiger partial charge in [-0.2, -0.15) is 0 Å². The van der Waals surface area contributed by atoms with Crippen molar-refractivity contribution in [2.75, 3.05) is 27.4 Å². The van der Waals surface area contributed by atoms with Crippen molar-refractivity contribution in [3.05, 3.63) is 24.3 Å². The Balaban J connectivity index is 2.29. The Hall–Kier alpha value is -1.11. The van der Waals surface area contributed by atoms with E-state index in [0.717, 1.165) is 0 Å². The molecule has 106 valence electrons. The Labute approximate surface area is 113 Å². The van der Waals surface area contributed by atoms with Gasteiger partial charge in [0.2, 0.25) is 0 Å². The molecular formula is C13H19NO4S. The van der Waals surface area contributed by atoms with E-state index >= 15 is 0 Å². The molecular weight excluding hydrogens is 266 g/mol. The number of sulfone groups is 1. The van der Waals surface area contributed by atoms with E-state index in [0.29, 0.717) is 23.7 Å². The van der Waals surface area contributed by atoms with E-state index in [1.54, 1.807) is 38.4 Å². The molecule has 0 spiro atoms. The number of rotatable bonds is 4. The van der Waals surface area contributed by atoms with Crippen LogP contribution >= 0.6 is 0 Å². The smallest absolute Gasteiger partial charge is 0.185 e. The highest BCUT2D eigenvalue weighted by atomic mass is 32.2. The summed E-state index contributed by atoms with van der Waals surface area (Å²) in [7, 11) is -0.0560. The number of hydrogen-bond donors (Lipinski definition) is 1. The molecule has 2 rings (SSSR count). The maximum absolute atomic E-state index is 12.6. The molecule has 19 heavy (non-hydrogen) atoms. The summed E-state index contributed by atoms with van der Waals surface area (Å²) in [4.78, 5) is 0.309. The van der Waals surface area contributed by atoms with Crippen LogP contribution in [0.25, 0.3) is 0 Å². The molecule has 0 aliphatic carbocycles. The number of benzene rings is 1. The predicted octanol–water partition coefficient (Wildman–Crippen LogP) is 0.846. The lowest BCUT2D eigenvalue weighted by molar-refractivity contribution is 0.0825. The molecule has 1 aliphatic rings. The summed E-state index contributed by atoms with van der Waals surface area (Å²) < 4.78 is 35.6. The van der Waals surface area contributed by atoms with E-state index in [-0.39, 0.29) is 12.6 Å². The van der Waals surface area contributed by atoms with Crippen LogP contribution in [0.3, 0.4) is 0 Å². The first-order valence-corrected chi connectivity index (χ1v) is 7.77. The Kier molecular flexibility index (Phi) is 4.44. The minimum atomic E-state index is -3.39. The van der Waals surface area contributed by atoms with E-state index in [1.807, 2.05) is 0 Å². The van der Waals surface area contributed by atoms with E-state index < -0.39 is 15.1 Å². The highest BCUT2D eigenvalue weighted by molar-refractivity contribution is 7.92. The quantitative estimate of drug-likeness (QED) is 0.888. The average molecular weight is 285 g/mol. The fourth-order valence-electron chi connectivity index (χ4n) is 2.29. The standard InChI is InChI=1S/C13H19NO4S/c1-14-12-7-8-18-9-13(12)19(15,16)11-5-3-10(17-2)4-6-11/h3-6,12-14H,7-9H2,1-2H3. The fourth-order valence-corrected chi connectivity index (χ4v) is 4.13. The first-order valence-electron chi connectivity index (χ1n) is 6.22. The summed E-state index contributed by atoms with van der Waals surface area (Å²) in [6.07, 6.45) is 0.705. The minimum absolute atomic E-state index is 0.0687. The van der Waals surface area contributed by atoms with Gasteiger partial charge in [0.25, 0.3) is 0 Å². The maximum atomic E-state index is 12.6. The van der Waals surface area contributed by atoms with Gasteiger partial charge in [-0.1, -0.05) is 0 Å². The van der Waals surface area contributed by atoms with Crippen molar-refractivity contribution in [3.8, 4) is 5.75 Å². The molecule has 5 nitrogen and oxygen atoms in total. The summed E-state index contributed by atoms with van der Waals surface area (Å²) in [6.45, 7) is 0.833. The summed E-state index contributed by atoms with van der Waals surface area (Å²) >= 11 is 0. The second-order valence-electron chi connectivity index (χ2n) is 4.52. The number of nitrogens with one attached hydrogen (secondary N) is 1. The van der Waals surface area contributed by atoms with Gasteiger partial charge in [-0.05, 0) is 37.7 Å². The zero-order chi connectivity index (χ0) is 13.9. The van der Waals surface area contributed by atoms with Crippen LogP contribution in [0, 0.1) is 0 Å². The second-order valence-corrected chi connectivity index (χ2v) is 6.68. The Morgan fingerprint density at radius 1 is 1.32 bits per heavy atom. The average Bonchev–Trinajstić information content (AvgIpc) is 2.47. The lowest BCUT2D eigenvalue weighted by Gasteiger charge is -2.30. The van der Waals surface area contributed by atoms with E-state index in [9.17, 15) is 8.42 Å². The van der Waals surface area contributed by atoms with Crippen LogP contribution in [-0.2, 0) is 14.6 Å². The Bertz CT molecular complexity index is 512. The van der Waals surface area contributed by atoms with Crippen LogP contribution in [0.2, 0.25) is 0 Å². The van der Waals surface area contributed by atoms with Crippen molar-refractivity contribution in [2.24, 2.45) is 0 Å². The third-order valence-electron chi connectivity index (χ3n) is 3.46. The third kappa shape index (κ3) is 2.91. The molecule has 2 atom stereocenters. The van der Waals surface area contributed by atoms with Crippen LogP contribution in [0.5, 0.6) is 5.75 Å². The van der Waals surface area contributed by atoms with Gasteiger partial charge in [-0.15, -0.1) is 0 Å². The number of hydrogen-bond acceptors (Lipinski definition) is 5. The molecule has 0 aromatic heterocycles. The van der Waals surface area contributed by atoms with Gasteiger partial charge in [0.05, 0.1) is 18.6 Å². The molecule has 0 radical (unpaired) electrons. The lowest BCUT2D eigenvalue weighted by Crippen LogP contribution is -2.49. The van der Waals surface area contributed by atoms with Gasteiger partial charge in [0, 0.05) is 12.6 Å². The normalized spacial score (nSPS) is 24.1. The summed E-state index contributed by atoms with van der Waals surface area (Å²) in [5.41, 5.74) is 0. The van der Waals surface area contributed by atoms with Gasteiger partial charge < -0.3 is 14.8 Å². The van der Waals surface area contributed by atoms with Gasteiger partial charge in [0.15, 0.2) is 9.84 Å². The predicted molar refractivity (Wildman–Crippen MR) is 72.3 cm³/mol. The van der Waals surface area contributed by atoms with Crippen LogP contribution < -0.4 is 10.1 Å². The molecule has 1 saturated heterocycles. The van der Waals surface area contributed by atoms with Crippen molar-refractivity contribution < 1.29 is 17.9 Å². The SMILES string of the molecule is CNC1CCOCC1S(=O)(=O)c1ccc(OC)cc1. The van der Waals surface area contributed by atoms with Gasteiger partial charge >= 0.3 is 0 Å². The molecule has 1 fully saturated rings. The largest absolute Gasteiger partial charge is 0.497 e. The lowest BCUT2D eigenvalue weighted by atomic mass is 10.1. The monoisotopic (exact) mass is 285 g/mol. The zero-order valence-electron chi connectivity index (χ0n) is 11.1. The van der Waals surface area contributed by atoms with Crippen LogP contribution in [0.1, 0.15) is 6.42 Å². The van der Waals surface area contributed by atoms with Crippen LogP contribution in [0.15, 0.2) is 29.2 Å². The first-order chi connectivity index (χ1) is 9.09. The molecule has 2 unspecified atom stereocenters. The molecule has 1 aromatic carbocycles. The number of ether oxygens (including phenoxy) is 2. The summed E-state index contributed by atoms with van der Waals surface area (Å²) in [6, 6.07) is 6.40. The fraction of sp³-hybridized carbons (Fsp3) is 0.538. The first kappa shape index (κ1) is 14.3. The molecule has 0 amide bonds. The van der Waals surface area contributed by atoms with Crippen LogP contribution in [-0.4, -0.2) is 47.1 Å². The summed E-state index contributed by atoms with van der Waals surface area (Å²) in [5, 5.41) is 2.53. The van der Waals surface area contributed by atoms with Gasteiger partial charge in [0.1, 0.15) is 11.0 Å². The van der Waals surface area contributed by atoms with E-state index in [2.05, 4.69) is 5.32 Å². The topological polar surface area (TPSA) is 64.6 Å². The van der Waals surface area contributed by atoms with Crippen molar-refractivity contribution >= 4 is 9.84 Å². The second kappa shape index (κ2) is 5.90. The highest BCUT2D eigenvalue weighted by Crippen LogP contribution is 2.24. The van der Waals surface area contributed by atoms with Gasteiger partial charge in [-0.3, -0.25) is 0 Å². The van der Waals surface area contributed by atoms with Crippen molar-refractivity contribution in [1.82, 2.24) is 5.32 Å². The third-order valence-corrected chi connectivity index (χ3v) is 5.65. The molecule has 0 bridgehead atoms. The Morgan fingerprint density at radius 3 is 2.58 bits per heavy atom. The highest BCUT2D eigenvalue weighted by Gasteiger charge is 2.36. The van der Waals surface area contributed by atoms with E-state index in [4.69, 9.17) is 9.47 Å². The van der Waals surface area contributed by atoms with Gasteiger partial charge in [-0.25, -0.2) is 8.42 Å². The molecule has 1 aliphatic heterocycles. The number of methoxy groups -OCH3 is 1. The molecule has 6 heteroatoms. The maximum Gasteiger partial charge on any atom is 0.185 e. The van der Waals surface area contributed by atoms with E-state index in [1.165, 1.54) is 0 Å².